The number of hydrogen-bond donors (Lipinski definition) is 0. The highest BCUT2D eigenvalue weighted by Gasteiger charge is 2.65. The molecule has 0 radical (unpaired) electrons. The van der Waals surface area contributed by atoms with E-state index in [4.69, 9.17) is 14.5 Å². The van der Waals surface area contributed by atoms with Crippen molar-refractivity contribution in [3.05, 3.63) is 24.0 Å². The Morgan fingerprint density at radius 3 is 2.90 bits per heavy atom. The van der Waals surface area contributed by atoms with Gasteiger partial charge in [0.1, 0.15) is 5.76 Å². The Kier molecular flexibility index (Phi) is 4.56. The lowest BCUT2D eigenvalue weighted by Crippen LogP contribution is -2.53. The lowest BCUT2D eigenvalue weighted by Gasteiger charge is -2.56. The van der Waals surface area contributed by atoms with Crippen molar-refractivity contribution in [3.63, 3.8) is 0 Å². The third-order valence-electron chi connectivity index (χ3n) is 9.02. The topological polar surface area (TPSA) is 61.8 Å². The first-order valence-corrected chi connectivity index (χ1v) is 11.2. The number of hydrogen-bond acceptors (Lipinski definition) is 5. The molecule has 3 unspecified atom stereocenters. The molecular weight excluding hydrogens is 368 g/mol. The van der Waals surface area contributed by atoms with Gasteiger partial charge in [-0.1, -0.05) is 13.5 Å². The molecule has 0 N–H and O–H groups in total. The summed E-state index contributed by atoms with van der Waals surface area (Å²) in [6.45, 7) is 8.46. The molecule has 0 aromatic heterocycles. The van der Waals surface area contributed by atoms with Crippen molar-refractivity contribution in [2.24, 2.45) is 34.5 Å². The van der Waals surface area contributed by atoms with Crippen LogP contribution in [0, 0.1) is 34.5 Å². The Morgan fingerprint density at radius 2 is 2.10 bits per heavy atom. The van der Waals surface area contributed by atoms with Crippen LogP contribution in [0.4, 0.5) is 0 Å². The fourth-order valence-electron chi connectivity index (χ4n) is 7.86. The minimum absolute atomic E-state index is 0.00139. The van der Waals surface area contributed by atoms with Crippen LogP contribution in [0.25, 0.3) is 0 Å². The Hall–Kier alpha value is -1.46. The highest BCUT2D eigenvalue weighted by atomic mass is 17.2. The van der Waals surface area contributed by atoms with E-state index in [1.54, 1.807) is 6.92 Å². The number of ketones is 2. The molecule has 5 heteroatoms. The Bertz CT molecular complexity index is 784. The van der Waals surface area contributed by atoms with E-state index in [1.165, 1.54) is 5.57 Å². The first kappa shape index (κ1) is 19.5. The summed E-state index contributed by atoms with van der Waals surface area (Å²) in [6.07, 6.45) is 8.92. The summed E-state index contributed by atoms with van der Waals surface area (Å²) in [7, 11) is 0. The van der Waals surface area contributed by atoms with Gasteiger partial charge in [-0.05, 0) is 80.3 Å². The predicted molar refractivity (Wildman–Crippen MR) is 107 cm³/mol. The Labute approximate surface area is 172 Å². The normalized spacial score (nSPS) is 45.1. The number of fused-ring (bicyclic) bond motifs is 3. The van der Waals surface area contributed by atoms with Crippen LogP contribution < -0.4 is 0 Å². The van der Waals surface area contributed by atoms with Crippen molar-refractivity contribution in [3.8, 4) is 0 Å². The monoisotopic (exact) mass is 400 g/mol. The Balaban J connectivity index is 1.37. The van der Waals surface area contributed by atoms with Gasteiger partial charge >= 0.3 is 0 Å². The van der Waals surface area contributed by atoms with Crippen molar-refractivity contribution in [1.29, 1.82) is 0 Å². The maximum absolute atomic E-state index is 12.9. The van der Waals surface area contributed by atoms with Crippen LogP contribution in [0.2, 0.25) is 0 Å². The molecule has 1 heterocycles. The maximum Gasteiger partial charge on any atom is 0.166 e. The SMILES string of the molecule is C=C(C)OOCC(=O)[C@H]1CCC2C3C[C@@H]4OC[C@@]5(CCC(=O)C=C45)C3CC[C@@]21C. The molecule has 1 aliphatic heterocycles. The molecule has 4 aliphatic carbocycles. The van der Waals surface area contributed by atoms with Gasteiger partial charge < -0.3 is 9.62 Å². The van der Waals surface area contributed by atoms with E-state index in [0.29, 0.717) is 29.9 Å². The number of allylic oxidation sites excluding steroid dienone is 1. The second kappa shape index (κ2) is 6.78. The molecule has 0 aromatic rings. The fraction of sp³-hybridized carbons (Fsp3) is 0.750. The molecule has 0 aromatic carbocycles. The van der Waals surface area contributed by atoms with Gasteiger partial charge in [-0.3, -0.25) is 9.59 Å². The van der Waals surface area contributed by atoms with Crippen molar-refractivity contribution in [1.82, 2.24) is 0 Å². The zero-order valence-electron chi connectivity index (χ0n) is 17.6. The van der Waals surface area contributed by atoms with Crippen LogP contribution in [-0.2, 0) is 24.1 Å². The summed E-state index contributed by atoms with van der Waals surface area (Å²) in [6, 6.07) is 0. The van der Waals surface area contributed by atoms with Crippen molar-refractivity contribution in [2.75, 3.05) is 13.2 Å². The van der Waals surface area contributed by atoms with Gasteiger partial charge in [0.25, 0.3) is 0 Å². The molecule has 3 saturated carbocycles. The quantitative estimate of drug-likeness (QED) is 0.394. The zero-order chi connectivity index (χ0) is 20.4. The summed E-state index contributed by atoms with van der Waals surface area (Å²) in [5.41, 5.74) is 1.42. The molecule has 2 bridgehead atoms. The van der Waals surface area contributed by atoms with Crippen LogP contribution in [0.15, 0.2) is 24.0 Å². The average Bonchev–Trinajstić information content (AvgIpc) is 3.15. The van der Waals surface area contributed by atoms with Crippen LogP contribution in [0.3, 0.4) is 0 Å². The van der Waals surface area contributed by atoms with Gasteiger partial charge in [-0.25, -0.2) is 0 Å². The van der Waals surface area contributed by atoms with Crippen molar-refractivity contribution >= 4 is 11.6 Å². The largest absolute Gasteiger partial charge is 0.373 e. The molecule has 158 valence electrons. The first-order valence-electron chi connectivity index (χ1n) is 11.2. The number of Topliss-reactive ketones (excluding diaryl/α,β-unsaturated/α-hetero) is 1. The molecule has 0 amide bonds. The van der Waals surface area contributed by atoms with Gasteiger partial charge in [0, 0.05) is 17.8 Å². The van der Waals surface area contributed by atoms with E-state index in [-0.39, 0.29) is 41.0 Å². The van der Waals surface area contributed by atoms with Gasteiger partial charge in [-0.2, -0.15) is 4.89 Å². The smallest absolute Gasteiger partial charge is 0.166 e. The van der Waals surface area contributed by atoms with Gasteiger partial charge in [-0.15, -0.1) is 0 Å². The summed E-state index contributed by atoms with van der Waals surface area (Å²) < 4.78 is 6.25. The molecule has 5 aliphatic rings. The molecule has 0 spiro atoms. The lowest BCUT2D eigenvalue weighted by atomic mass is 9.46. The molecule has 5 nitrogen and oxygen atoms in total. The van der Waals surface area contributed by atoms with Crippen LogP contribution in [-0.4, -0.2) is 30.9 Å². The molecule has 7 atom stereocenters. The minimum Gasteiger partial charge on any atom is -0.373 e. The van der Waals surface area contributed by atoms with E-state index >= 15 is 0 Å². The van der Waals surface area contributed by atoms with E-state index < -0.39 is 0 Å². The summed E-state index contributed by atoms with van der Waals surface area (Å²) in [4.78, 5) is 35.1. The van der Waals surface area contributed by atoms with E-state index in [2.05, 4.69) is 13.5 Å². The number of carbonyl (C=O) groups is 2. The Morgan fingerprint density at radius 1 is 1.28 bits per heavy atom. The molecule has 29 heavy (non-hydrogen) atoms. The molecule has 4 fully saturated rings. The zero-order valence-corrected chi connectivity index (χ0v) is 17.6. The molecule has 1 saturated heterocycles. The van der Waals surface area contributed by atoms with Gasteiger partial charge in [0.2, 0.25) is 0 Å². The standard InChI is InChI=1S/C24H32O5/c1-14(2)29-28-12-21(26)19-5-4-17-16-11-22-20-10-15(25)6-9-24(20,13-27-22)18(16)7-8-23(17,19)3/h10,16-19,22H,1,4-9,11-13H2,2-3H3/t16?,17?,18?,19-,22+,23+,24+/m1/s1. The summed E-state index contributed by atoms with van der Waals surface area (Å²) in [5.74, 6) is 2.68. The van der Waals surface area contributed by atoms with E-state index in [0.717, 1.165) is 45.1 Å². The minimum atomic E-state index is -0.00139. The number of rotatable bonds is 5. The van der Waals surface area contributed by atoms with Crippen LogP contribution in [0.5, 0.6) is 0 Å². The third kappa shape index (κ3) is 2.80. The third-order valence-corrected chi connectivity index (χ3v) is 9.02. The lowest BCUT2D eigenvalue weighted by molar-refractivity contribution is -0.257. The predicted octanol–water partition coefficient (Wildman–Crippen LogP) is 4.17. The molecule has 5 rings (SSSR count). The number of carbonyl (C=O) groups excluding carboxylic acids is 2. The average molecular weight is 401 g/mol. The van der Waals surface area contributed by atoms with E-state index in [9.17, 15) is 9.59 Å². The van der Waals surface area contributed by atoms with Crippen molar-refractivity contribution < 1.29 is 24.1 Å². The van der Waals surface area contributed by atoms with Gasteiger partial charge in [0.05, 0.1) is 12.7 Å². The maximum atomic E-state index is 12.9. The number of ether oxygens (including phenoxy) is 1. The second-order valence-corrected chi connectivity index (χ2v) is 10.3. The summed E-state index contributed by atoms with van der Waals surface area (Å²) in [5, 5.41) is 0. The van der Waals surface area contributed by atoms with Gasteiger partial charge in [0.15, 0.2) is 18.2 Å². The molecular formula is C24H32O5. The highest BCUT2D eigenvalue weighted by molar-refractivity contribution is 5.92. The first-order chi connectivity index (χ1) is 13.8. The summed E-state index contributed by atoms with van der Waals surface area (Å²) >= 11 is 0. The second-order valence-electron chi connectivity index (χ2n) is 10.3. The van der Waals surface area contributed by atoms with Crippen LogP contribution >= 0.6 is 0 Å². The highest BCUT2D eigenvalue weighted by Crippen LogP contribution is 2.68. The van der Waals surface area contributed by atoms with Crippen molar-refractivity contribution in [2.45, 2.75) is 64.9 Å². The van der Waals surface area contributed by atoms with E-state index in [1.807, 2.05) is 6.08 Å². The fourth-order valence-corrected chi connectivity index (χ4v) is 7.86. The van der Waals surface area contributed by atoms with Crippen LogP contribution in [0.1, 0.15) is 58.8 Å².